The molecule has 2 aromatic rings. The Labute approximate surface area is 74.1 Å². The van der Waals surface area contributed by atoms with Crippen LogP contribution >= 0.6 is 0 Å². The summed E-state index contributed by atoms with van der Waals surface area (Å²) in [6.07, 6.45) is 0.200. The van der Waals surface area contributed by atoms with Crippen molar-refractivity contribution in [2.75, 3.05) is 7.11 Å². The monoisotopic (exact) mass is 181 g/mol. The summed E-state index contributed by atoms with van der Waals surface area (Å²) in [6, 6.07) is 4.98. The van der Waals surface area contributed by atoms with Gasteiger partial charge in [0.1, 0.15) is 12.2 Å². The van der Waals surface area contributed by atoms with E-state index in [4.69, 9.17) is 9.15 Å². The van der Waals surface area contributed by atoms with E-state index in [9.17, 15) is 4.39 Å². The summed E-state index contributed by atoms with van der Waals surface area (Å²) in [5.41, 5.74) is 1.81. The molecule has 0 aliphatic rings. The Bertz CT molecular complexity index is 422. The van der Waals surface area contributed by atoms with Gasteiger partial charge in [-0.05, 0) is 17.7 Å². The van der Waals surface area contributed by atoms with Crippen LogP contribution in [0.1, 0.15) is 5.56 Å². The first-order valence-electron chi connectivity index (χ1n) is 3.83. The van der Waals surface area contributed by atoms with Gasteiger partial charge in [-0.3, -0.25) is 0 Å². The van der Waals surface area contributed by atoms with Crippen LogP contribution in [-0.4, -0.2) is 12.1 Å². The Morgan fingerprint density at radius 3 is 3.08 bits per heavy atom. The number of hydrogen-bond acceptors (Lipinski definition) is 3. The molecule has 0 N–H and O–H groups in total. The molecule has 0 spiro atoms. The minimum absolute atomic E-state index is 0.200. The van der Waals surface area contributed by atoms with Crippen molar-refractivity contribution in [3.8, 4) is 6.08 Å². The maximum absolute atomic E-state index is 12.3. The molecule has 0 unspecified atom stereocenters. The Kier molecular flexibility index (Phi) is 1.88. The lowest BCUT2D eigenvalue weighted by atomic mass is 10.2. The average Bonchev–Trinajstić information content (AvgIpc) is 2.58. The SMILES string of the molecule is COc1nc2cc(CF)ccc2o1. The number of hydrogen-bond donors (Lipinski definition) is 0. The molecule has 3 nitrogen and oxygen atoms in total. The van der Waals surface area contributed by atoms with Gasteiger partial charge < -0.3 is 9.15 Å². The summed E-state index contributed by atoms with van der Waals surface area (Å²) >= 11 is 0. The number of benzene rings is 1. The Hall–Kier alpha value is -1.58. The van der Waals surface area contributed by atoms with Crippen LogP contribution in [0.4, 0.5) is 4.39 Å². The Balaban J connectivity index is 2.57. The maximum Gasteiger partial charge on any atom is 0.394 e. The molecule has 1 aromatic heterocycles. The molecule has 0 radical (unpaired) electrons. The summed E-state index contributed by atoms with van der Waals surface area (Å²) in [6.45, 7) is -0.495. The number of aromatic nitrogens is 1. The van der Waals surface area contributed by atoms with Crippen LogP contribution < -0.4 is 4.74 Å². The number of rotatable bonds is 2. The zero-order chi connectivity index (χ0) is 9.26. The minimum atomic E-state index is -0.495. The molecule has 0 aliphatic carbocycles. The van der Waals surface area contributed by atoms with Crippen molar-refractivity contribution in [1.82, 2.24) is 4.98 Å². The van der Waals surface area contributed by atoms with E-state index >= 15 is 0 Å². The van der Waals surface area contributed by atoms with Crippen molar-refractivity contribution >= 4 is 11.1 Å². The van der Waals surface area contributed by atoms with Gasteiger partial charge in [0.25, 0.3) is 0 Å². The van der Waals surface area contributed by atoms with Crippen LogP contribution in [0.5, 0.6) is 6.08 Å². The number of alkyl halides is 1. The molecule has 0 bridgehead atoms. The first-order valence-corrected chi connectivity index (χ1v) is 3.83. The van der Waals surface area contributed by atoms with Crippen molar-refractivity contribution in [2.45, 2.75) is 6.67 Å². The van der Waals surface area contributed by atoms with Gasteiger partial charge in [-0.2, -0.15) is 4.98 Å². The number of fused-ring (bicyclic) bond motifs is 1. The average molecular weight is 181 g/mol. The fraction of sp³-hybridized carbons (Fsp3) is 0.222. The lowest BCUT2D eigenvalue weighted by molar-refractivity contribution is 0.299. The smallest absolute Gasteiger partial charge is 0.394 e. The first kappa shape index (κ1) is 8.04. The van der Waals surface area contributed by atoms with Crippen LogP contribution in [0.2, 0.25) is 0 Å². The number of halogens is 1. The summed E-state index contributed by atoms with van der Waals surface area (Å²) in [4.78, 5) is 3.98. The molecule has 0 fully saturated rings. The van der Waals surface area contributed by atoms with Crippen molar-refractivity contribution in [1.29, 1.82) is 0 Å². The third-order valence-corrected chi connectivity index (χ3v) is 1.76. The third kappa shape index (κ3) is 1.35. The molecule has 68 valence electrons. The van der Waals surface area contributed by atoms with Crippen molar-refractivity contribution in [2.24, 2.45) is 0 Å². The molecule has 4 heteroatoms. The van der Waals surface area contributed by atoms with E-state index in [2.05, 4.69) is 4.98 Å². The van der Waals surface area contributed by atoms with Crippen molar-refractivity contribution < 1.29 is 13.5 Å². The summed E-state index contributed by atoms with van der Waals surface area (Å²) < 4.78 is 22.2. The second kappa shape index (κ2) is 3.05. The molecule has 1 aromatic carbocycles. The predicted molar refractivity (Wildman–Crippen MR) is 45.4 cm³/mol. The lowest BCUT2D eigenvalue weighted by Gasteiger charge is -1.90. The van der Waals surface area contributed by atoms with Crippen LogP contribution in [0.25, 0.3) is 11.1 Å². The highest BCUT2D eigenvalue weighted by Gasteiger charge is 2.05. The molecule has 1 heterocycles. The highest BCUT2D eigenvalue weighted by atomic mass is 19.1. The summed E-state index contributed by atoms with van der Waals surface area (Å²) in [5, 5.41) is 0. The van der Waals surface area contributed by atoms with Gasteiger partial charge in [0.05, 0.1) is 7.11 Å². The molecule has 2 rings (SSSR count). The van der Waals surface area contributed by atoms with Crippen LogP contribution in [-0.2, 0) is 6.67 Å². The van der Waals surface area contributed by atoms with Gasteiger partial charge >= 0.3 is 6.08 Å². The van der Waals surface area contributed by atoms with Crippen LogP contribution in [0.3, 0.4) is 0 Å². The van der Waals surface area contributed by atoms with Crippen molar-refractivity contribution in [3.63, 3.8) is 0 Å². The first-order chi connectivity index (χ1) is 6.33. The van der Waals surface area contributed by atoms with E-state index in [-0.39, 0.29) is 6.08 Å². The molecule has 0 amide bonds. The molecular weight excluding hydrogens is 173 g/mol. The van der Waals surface area contributed by atoms with Gasteiger partial charge in [-0.15, -0.1) is 0 Å². The zero-order valence-corrected chi connectivity index (χ0v) is 7.08. The topological polar surface area (TPSA) is 35.3 Å². The maximum atomic E-state index is 12.3. The highest BCUT2D eigenvalue weighted by molar-refractivity contribution is 5.73. The highest BCUT2D eigenvalue weighted by Crippen LogP contribution is 2.21. The predicted octanol–water partition coefficient (Wildman–Crippen LogP) is 2.31. The lowest BCUT2D eigenvalue weighted by Crippen LogP contribution is -1.80. The second-order valence-corrected chi connectivity index (χ2v) is 2.62. The Morgan fingerprint density at radius 2 is 2.38 bits per heavy atom. The number of nitrogens with zero attached hydrogens (tertiary/aromatic N) is 1. The minimum Gasteiger partial charge on any atom is -0.453 e. The van der Waals surface area contributed by atoms with Crippen molar-refractivity contribution in [3.05, 3.63) is 23.8 Å². The largest absolute Gasteiger partial charge is 0.453 e. The van der Waals surface area contributed by atoms with E-state index in [1.807, 2.05) is 0 Å². The van der Waals surface area contributed by atoms with Crippen LogP contribution in [0, 0.1) is 0 Å². The number of methoxy groups -OCH3 is 1. The van der Waals surface area contributed by atoms with Gasteiger partial charge in [0, 0.05) is 0 Å². The third-order valence-electron chi connectivity index (χ3n) is 1.76. The van der Waals surface area contributed by atoms with Gasteiger partial charge in [-0.25, -0.2) is 4.39 Å². The quantitative estimate of drug-likeness (QED) is 0.713. The van der Waals surface area contributed by atoms with E-state index in [1.165, 1.54) is 7.11 Å². The molecule has 0 saturated carbocycles. The standard InChI is InChI=1S/C9H8FNO2/c1-12-9-11-7-4-6(5-10)2-3-8(7)13-9/h2-4H,5H2,1H3. The van der Waals surface area contributed by atoms with Gasteiger partial charge in [0.2, 0.25) is 0 Å². The molecule has 0 saturated heterocycles. The summed E-state index contributed by atoms with van der Waals surface area (Å²) in [5.74, 6) is 0. The second-order valence-electron chi connectivity index (χ2n) is 2.62. The molecule has 0 aliphatic heterocycles. The van der Waals surface area contributed by atoms with E-state index in [0.717, 1.165) is 0 Å². The summed E-state index contributed by atoms with van der Waals surface area (Å²) in [7, 11) is 1.47. The molecule has 13 heavy (non-hydrogen) atoms. The van der Waals surface area contributed by atoms with E-state index < -0.39 is 6.67 Å². The van der Waals surface area contributed by atoms with Gasteiger partial charge in [0.15, 0.2) is 5.58 Å². The Morgan fingerprint density at radius 1 is 1.54 bits per heavy atom. The van der Waals surface area contributed by atoms with Crippen LogP contribution in [0.15, 0.2) is 22.6 Å². The molecular formula is C9H8FNO2. The fourth-order valence-corrected chi connectivity index (χ4v) is 1.12. The number of oxazole rings is 1. The fourth-order valence-electron chi connectivity index (χ4n) is 1.12. The van der Waals surface area contributed by atoms with Gasteiger partial charge in [-0.1, -0.05) is 6.07 Å². The zero-order valence-electron chi connectivity index (χ0n) is 7.08. The normalized spacial score (nSPS) is 10.6. The van der Waals surface area contributed by atoms with E-state index in [0.29, 0.717) is 16.7 Å². The molecule has 0 atom stereocenters. The number of ether oxygens (including phenoxy) is 1. The van der Waals surface area contributed by atoms with E-state index in [1.54, 1.807) is 18.2 Å².